The van der Waals surface area contributed by atoms with Gasteiger partial charge in [0, 0.05) is 31.0 Å². The number of esters is 1. The van der Waals surface area contributed by atoms with Crippen LogP contribution in [0.2, 0.25) is 0 Å². The number of guanidine groups is 2. The number of aliphatic imine (C=N–C) groups is 2. The van der Waals surface area contributed by atoms with E-state index >= 15 is 0 Å². The predicted molar refractivity (Wildman–Crippen MR) is 237 cm³/mol. The third kappa shape index (κ3) is 14.3. The molecule has 4 aliphatic carbocycles. The van der Waals surface area contributed by atoms with Crippen LogP contribution >= 0.6 is 21.6 Å². The molecule has 4 rings (SSSR count). The number of nitrogens with zero attached hydrogens (tertiary/aromatic N) is 2. The lowest BCUT2D eigenvalue weighted by Crippen LogP contribution is -2.50. The van der Waals surface area contributed by atoms with Gasteiger partial charge in [-0.3, -0.25) is 14.6 Å². The maximum Gasteiger partial charge on any atom is 0.324 e. The first kappa shape index (κ1) is 49.0. The number of allylic oxidation sites excluding steroid dienone is 1. The van der Waals surface area contributed by atoms with E-state index in [9.17, 15) is 9.59 Å². The first-order chi connectivity index (χ1) is 26.4. The fraction of sp³-hybridized carbons (Fsp3) is 0.857. The van der Waals surface area contributed by atoms with Crippen molar-refractivity contribution in [1.29, 1.82) is 0 Å². The van der Waals surface area contributed by atoms with Crippen LogP contribution < -0.4 is 34.0 Å². The number of rotatable bonds is 20. The average molecular weight is 809 g/mol. The van der Waals surface area contributed by atoms with Crippen LogP contribution in [-0.4, -0.2) is 66.6 Å². The summed E-state index contributed by atoms with van der Waals surface area (Å²) in [5.74, 6) is 3.80. The Morgan fingerprint density at radius 3 is 2.36 bits per heavy atom. The fourth-order valence-corrected chi connectivity index (χ4v) is 12.1. The second-order valence-corrected chi connectivity index (χ2v) is 18.7. The predicted octanol–water partition coefficient (Wildman–Crippen LogP) is 7.41. The smallest absolute Gasteiger partial charge is 0.324 e. The van der Waals surface area contributed by atoms with Gasteiger partial charge in [0.05, 0.1) is 0 Å². The van der Waals surface area contributed by atoms with Crippen LogP contribution in [0.15, 0.2) is 21.6 Å². The van der Waals surface area contributed by atoms with Crippen molar-refractivity contribution in [1.82, 2.24) is 5.32 Å². The Bertz CT molecular complexity index is 1240. The molecule has 3 saturated carbocycles. The van der Waals surface area contributed by atoms with E-state index in [4.69, 9.17) is 33.4 Å². The summed E-state index contributed by atoms with van der Waals surface area (Å²) >= 11 is 0. The standard InChI is InChI=1S/C38H68N8O3S2.2C2H6/c1-4-5-6-7-10-25-13-15-29-28-14-12-26-23-27(16-18-38(26,3)30(28)17-19-37(25,29)2)49-34(48)31(39)24-51-50-22-21-44-33(47)32(46-36(42)43)11-8-9-20-45-35(40)41;2*1-2/h12,25,27-32H,4-11,13-24,39H2,1-3H3,(H,44,47)(H4,40,41,45)(H4,42,43,46);2*1-2H3. The Morgan fingerprint density at radius 1 is 0.927 bits per heavy atom. The van der Waals surface area contributed by atoms with Crippen molar-refractivity contribution < 1.29 is 14.3 Å². The molecule has 4 aliphatic rings. The molecule has 0 aromatic heterocycles. The summed E-state index contributed by atoms with van der Waals surface area (Å²) in [5, 5.41) is 2.89. The van der Waals surface area contributed by atoms with Crippen molar-refractivity contribution in [3.8, 4) is 0 Å². The number of amides is 1. The van der Waals surface area contributed by atoms with Crippen LogP contribution in [0.25, 0.3) is 0 Å². The first-order valence-electron chi connectivity index (χ1n) is 21.7. The highest BCUT2D eigenvalue weighted by atomic mass is 33.1. The average Bonchev–Trinajstić information content (AvgIpc) is 3.51. The first-order valence-corrected chi connectivity index (χ1v) is 24.2. The maximum atomic E-state index is 13.0. The zero-order chi connectivity index (χ0) is 41.0. The van der Waals surface area contributed by atoms with Gasteiger partial charge in [-0.15, -0.1) is 0 Å². The van der Waals surface area contributed by atoms with Gasteiger partial charge < -0.3 is 38.7 Å². The topological polar surface area (TPSA) is 210 Å². The van der Waals surface area contributed by atoms with E-state index in [1.165, 1.54) is 80.6 Å². The molecule has 13 heteroatoms. The number of nitrogens with two attached hydrogens (primary N) is 5. The Labute approximate surface area is 342 Å². The van der Waals surface area contributed by atoms with Crippen LogP contribution in [0.1, 0.15) is 151 Å². The van der Waals surface area contributed by atoms with Gasteiger partial charge in [-0.2, -0.15) is 0 Å². The fourth-order valence-electron chi connectivity index (χ4n) is 10.1. The molecule has 0 aromatic rings. The Balaban J connectivity index is 0.00000253. The lowest BCUT2D eigenvalue weighted by Gasteiger charge is -2.58. The van der Waals surface area contributed by atoms with Crippen molar-refractivity contribution in [2.75, 3.05) is 24.6 Å². The number of hydrogen-bond acceptors (Lipinski definition) is 8. The molecule has 318 valence electrons. The van der Waals surface area contributed by atoms with Gasteiger partial charge in [0.15, 0.2) is 11.9 Å². The second kappa shape index (κ2) is 25.3. The molecule has 11 N–H and O–H groups in total. The van der Waals surface area contributed by atoms with Crippen molar-refractivity contribution in [3.63, 3.8) is 0 Å². The Morgan fingerprint density at radius 2 is 1.67 bits per heavy atom. The number of hydrogen-bond donors (Lipinski definition) is 6. The number of carbonyl (C=O) groups excluding carboxylic acids is 2. The highest BCUT2D eigenvalue weighted by Crippen LogP contribution is 2.66. The van der Waals surface area contributed by atoms with Gasteiger partial charge in [-0.1, -0.05) is 107 Å². The van der Waals surface area contributed by atoms with Gasteiger partial charge >= 0.3 is 5.97 Å². The van der Waals surface area contributed by atoms with E-state index in [2.05, 4.69) is 42.1 Å². The molecule has 9 unspecified atom stereocenters. The van der Waals surface area contributed by atoms with Gasteiger partial charge in [0.2, 0.25) is 5.91 Å². The monoisotopic (exact) mass is 809 g/mol. The van der Waals surface area contributed by atoms with Crippen molar-refractivity contribution >= 4 is 45.4 Å². The molecule has 0 heterocycles. The minimum atomic E-state index is -0.686. The van der Waals surface area contributed by atoms with Crippen LogP contribution in [0.3, 0.4) is 0 Å². The summed E-state index contributed by atoms with van der Waals surface area (Å²) in [7, 11) is 3.07. The Hall–Kier alpha value is -2.12. The molecule has 11 nitrogen and oxygen atoms in total. The molecule has 0 spiro atoms. The van der Waals surface area contributed by atoms with Gasteiger partial charge in [0.1, 0.15) is 18.2 Å². The number of fused-ring (bicyclic) bond motifs is 5. The molecular weight excluding hydrogens is 729 g/mol. The quantitative estimate of drug-likeness (QED) is 0.0179. The van der Waals surface area contributed by atoms with E-state index in [0.717, 1.165) is 49.4 Å². The molecule has 0 bridgehead atoms. The van der Waals surface area contributed by atoms with E-state index in [1.807, 2.05) is 27.7 Å². The van der Waals surface area contributed by atoms with Gasteiger partial charge in [0.25, 0.3) is 0 Å². The summed E-state index contributed by atoms with van der Waals surface area (Å²) in [6, 6.07) is -1.35. The molecule has 9 atom stereocenters. The largest absolute Gasteiger partial charge is 0.461 e. The summed E-state index contributed by atoms with van der Waals surface area (Å²) in [5.41, 5.74) is 30.3. The van der Waals surface area contributed by atoms with E-state index in [1.54, 1.807) is 10.8 Å². The van der Waals surface area contributed by atoms with E-state index in [-0.39, 0.29) is 35.3 Å². The molecule has 0 radical (unpaired) electrons. The summed E-state index contributed by atoms with van der Waals surface area (Å²) < 4.78 is 6.03. The van der Waals surface area contributed by atoms with Gasteiger partial charge in [-0.25, -0.2) is 4.99 Å². The Kier molecular flexibility index (Phi) is 22.5. The van der Waals surface area contributed by atoms with Crippen LogP contribution in [0, 0.1) is 34.5 Å². The molecule has 0 aromatic carbocycles. The molecule has 3 fully saturated rings. The number of nitrogens with one attached hydrogen (secondary N) is 1. The lowest BCUT2D eigenvalue weighted by atomic mass is 9.47. The molecule has 0 aliphatic heterocycles. The number of unbranched alkanes of at least 4 members (excludes halogenated alkanes) is 4. The van der Waals surface area contributed by atoms with Crippen molar-refractivity contribution in [3.05, 3.63) is 11.6 Å². The zero-order valence-electron chi connectivity index (χ0n) is 35.6. The van der Waals surface area contributed by atoms with Gasteiger partial charge in [-0.05, 0) is 105 Å². The summed E-state index contributed by atoms with van der Waals surface area (Å²) in [4.78, 5) is 33.7. The third-order valence-electron chi connectivity index (χ3n) is 12.8. The highest BCUT2D eigenvalue weighted by Gasteiger charge is 2.58. The molecular formula is C42H80N8O3S2. The number of carbonyl (C=O) groups is 2. The molecule has 1 amide bonds. The van der Waals surface area contributed by atoms with Crippen molar-refractivity contribution in [2.24, 2.45) is 73.2 Å². The summed E-state index contributed by atoms with van der Waals surface area (Å²) in [6.45, 7) is 16.4. The van der Waals surface area contributed by atoms with Crippen molar-refractivity contribution in [2.45, 2.75) is 169 Å². The van der Waals surface area contributed by atoms with E-state index < -0.39 is 12.1 Å². The molecule has 55 heavy (non-hydrogen) atoms. The second-order valence-electron chi connectivity index (χ2n) is 16.1. The third-order valence-corrected chi connectivity index (χ3v) is 15.3. The normalized spacial score (nSPS) is 28.8. The minimum Gasteiger partial charge on any atom is -0.461 e. The van der Waals surface area contributed by atoms with Crippen LogP contribution in [0.5, 0.6) is 0 Å². The lowest BCUT2D eigenvalue weighted by molar-refractivity contribution is -0.152. The molecule has 0 saturated heterocycles. The van der Waals surface area contributed by atoms with E-state index in [0.29, 0.717) is 42.9 Å². The highest BCUT2D eigenvalue weighted by molar-refractivity contribution is 8.76. The minimum absolute atomic E-state index is 0.0460. The SMILES string of the molecule is CC.CC.CCCCCCC1CCC2C3CC=C4CC(OC(=O)C(N)CSSCCNC(=O)C(CCCCN=C(N)N)N=C(N)N)CCC4(C)C3CCC12C. The number of ether oxygens (including phenoxy) is 1. The van der Waals surface area contributed by atoms with Crippen LogP contribution in [-0.2, 0) is 14.3 Å². The zero-order valence-corrected chi connectivity index (χ0v) is 37.2. The van der Waals surface area contributed by atoms with Crippen LogP contribution in [0.4, 0.5) is 0 Å². The maximum absolute atomic E-state index is 13.0. The summed E-state index contributed by atoms with van der Waals surface area (Å²) in [6.07, 6.45) is 20.9.